The van der Waals surface area contributed by atoms with Crippen molar-refractivity contribution < 1.29 is 22.8 Å². The lowest BCUT2D eigenvalue weighted by molar-refractivity contribution is -0.124. The molecule has 0 radical (unpaired) electrons. The molecule has 2 aromatic carbocycles. The number of nitrogens with two attached hydrogens (primary N) is 1. The van der Waals surface area contributed by atoms with Crippen LogP contribution in [-0.4, -0.2) is 43.7 Å². The van der Waals surface area contributed by atoms with Crippen molar-refractivity contribution in [1.29, 1.82) is 0 Å². The highest BCUT2D eigenvalue weighted by molar-refractivity contribution is 7.89. The molecule has 11 heteroatoms. The lowest BCUT2D eigenvalue weighted by Gasteiger charge is -2.22. The number of aryl methyl sites for hydroxylation is 1. The number of benzene rings is 2. The van der Waals surface area contributed by atoms with Gasteiger partial charge in [-0.05, 0) is 42.7 Å². The first-order valence-corrected chi connectivity index (χ1v) is 12.2. The number of urea groups is 1. The van der Waals surface area contributed by atoms with Crippen LogP contribution in [0.25, 0.3) is 0 Å². The number of amides is 4. The van der Waals surface area contributed by atoms with Gasteiger partial charge in [-0.25, -0.2) is 13.2 Å². The molecule has 0 aromatic heterocycles. The molecule has 0 fully saturated rings. The molecule has 0 heterocycles. The summed E-state index contributed by atoms with van der Waals surface area (Å²) >= 11 is 0. The van der Waals surface area contributed by atoms with E-state index in [1.807, 2.05) is 13.8 Å². The summed E-state index contributed by atoms with van der Waals surface area (Å²) in [5.41, 5.74) is 11.6. The van der Waals surface area contributed by atoms with Gasteiger partial charge >= 0.3 is 6.03 Å². The fourth-order valence-electron chi connectivity index (χ4n) is 3.12. The number of hydrazine groups is 1. The maximum absolute atomic E-state index is 12.8. The third kappa shape index (κ3) is 7.03. The Hall–Kier alpha value is -3.44. The Labute approximate surface area is 199 Å². The van der Waals surface area contributed by atoms with Gasteiger partial charge in [-0.2, -0.15) is 4.31 Å². The lowest BCUT2D eigenvalue weighted by atomic mass is 9.99. The third-order valence-corrected chi connectivity index (χ3v) is 7.26. The van der Waals surface area contributed by atoms with Gasteiger partial charge in [-0.15, -0.1) is 0 Å². The maximum atomic E-state index is 12.8. The van der Waals surface area contributed by atoms with Crippen molar-refractivity contribution in [3.05, 3.63) is 65.2 Å². The summed E-state index contributed by atoms with van der Waals surface area (Å²) in [6.45, 7) is 5.63. The van der Waals surface area contributed by atoms with Crippen LogP contribution in [0.4, 0.5) is 4.79 Å². The van der Waals surface area contributed by atoms with Crippen molar-refractivity contribution >= 4 is 27.9 Å². The molecule has 2 atom stereocenters. The third-order valence-electron chi connectivity index (χ3n) is 5.44. The number of carbonyl (C=O) groups excluding carboxylic acids is 3. The molecule has 2 rings (SSSR count). The van der Waals surface area contributed by atoms with Crippen LogP contribution < -0.4 is 21.9 Å². The molecule has 34 heavy (non-hydrogen) atoms. The van der Waals surface area contributed by atoms with E-state index < -0.39 is 33.9 Å². The van der Waals surface area contributed by atoms with E-state index in [2.05, 4.69) is 16.2 Å². The Morgan fingerprint density at radius 2 is 1.59 bits per heavy atom. The highest BCUT2D eigenvalue weighted by atomic mass is 32.2. The van der Waals surface area contributed by atoms with Crippen LogP contribution >= 0.6 is 0 Å². The van der Waals surface area contributed by atoms with E-state index in [0.29, 0.717) is 12.0 Å². The highest BCUT2D eigenvalue weighted by Crippen LogP contribution is 2.17. The number of nitrogens with one attached hydrogen (secondary N) is 3. The molecule has 0 unspecified atom stereocenters. The van der Waals surface area contributed by atoms with E-state index in [0.717, 1.165) is 5.56 Å². The largest absolute Gasteiger partial charge is 0.352 e. The quantitative estimate of drug-likeness (QED) is 0.395. The summed E-state index contributed by atoms with van der Waals surface area (Å²) < 4.78 is 26.7. The van der Waals surface area contributed by atoms with Crippen LogP contribution in [0.3, 0.4) is 0 Å². The average molecular weight is 490 g/mol. The normalized spacial score (nSPS) is 13.1. The predicted octanol–water partition coefficient (Wildman–Crippen LogP) is 1.66. The van der Waals surface area contributed by atoms with E-state index >= 15 is 0 Å². The zero-order valence-electron chi connectivity index (χ0n) is 19.7. The molecule has 0 bridgehead atoms. The Balaban J connectivity index is 1.99. The zero-order valence-corrected chi connectivity index (χ0v) is 20.5. The standard InChI is InChI=1S/C23H31N5O5S/c1-5-16(3)20(25-23(24)31)22(30)27-26-21(29)18-10-8-17(9-11-18)14-28(4)34(32,33)19-12-6-15(2)7-13-19/h6-13,16,20H,5,14H2,1-4H3,(H,26,29)(H,27,30)(H3,24,25,31)/t16-,20-/m0/s1. The van der Waals surface area contributed by atoms with E-state index in [9.17, 15) is 22.8 Å². The second-order valence-corrected chi connectivity index (χ2v) is 10.1. The average Bonchev–Trinajstić information content (AvgIpc) is 2.80. The van der Waals surface area contributed by atoms with Crippen LogP contribution in [0.5, 0.6) is 0 Å². The molecule has 0 spiro atoms. The minimum atomic E-state index is -3.66. The molecule has 4 amide bonds. The van der Waals surface area contributed by atoms with Gasteiger partial charge in [0.25, 0.3) is 11.8 Å². The number of sulfonamides is 1. The molecule has 0 aliphatic rings. The summed E-state index contributed by atoms with van der Waals surface area (Å²) in [6, 6.07) is 11.2. The number of hydrogen-bond acceptors (Lipinski definition) is 5. The molecular weight excluding hydrogens is 458 g/mol. The topological polar surface area (TPSA) is 151 Å². The van der Waals surface area contributed by atoms with Crippen LogP contribution in [0.2, 0.25) is 0 Å². The van der Waals surface area contributed by atoms with Gasteiger partial charge in [0.1, 0.15) is 6.04 Å². The highest BCUT2D eigenvalue weighted by Gasteiger charge is 2.25. The maximum Gasteiger partial charge on any atom is 0.312 e. The molecule has 10 nitrogen and oxygen atoms in total. The van der Waals surface area contributed by atoms with Gasteiger partial charge in [0.15, 0.2) is 0 Å². The van der Waals surface area contributed by atoms with Crippen molar-refractivity contribution in [2.24, 2.45) is 11.7 Å². The summed E-state index contributed by atoms with van der Waals surface area (Å²) in [7, 11) is -2.17. The minimum absolute atomic E-state index is 0.115. The van der Waals surface area contributed by atoms with Crippen LogP contribution in [0.1, 0.15) is 41.8 Å². The van der Waals surface area contributed by atoms with Crippen molar-refractivity contribution in [3.63, 3.8) is 0 Å². The first-order chi connectivity index (χ1) is 15.9. The van der Waals surface area contributed by atoms with Crippen molar-refractivity contribution in [2.45, 2.75) is 44.7 Å². The van der Waals surface area contributed by atoms with Crippen LogP contribution in [0.15, 0.2) is 53.4 Å². The van der Waals surface area contributed by atoms with Gasteiger partial charge < -0.3 is 11.1 Å². The van der Waals surface area contributed by atoms with Gasteiger partial charge in [0.05, 0.1) is 4.90 Å². The molecule has 0 aliphatic carbocycles. The second-order valence-electron chi connectivity index (χ2n) is 8.09. The van der Waals surface area contributed by atoms with Gasteiger partial charge in [0, 0.05) is 19.2 Å². The number of rotatable bonds is 9. The zero-order chi connectivity index (χ0) is 25.5. The molecule has 0 saturated carbocycles. The Morgan fingerprint density at radius 3 is 2.12 bits per heavy atom. The number of hydrogen-bond donors (Lipinski definition) is 4. The van der Waals surface area contributed by atoms with E-state index in [1.165, 1.54) is 23.5 Å². The molecule has 0 aliphatic heterocycles. The first-order valence-electron chi connectivity index (χ1n) is 10.7. The van der Waals surface area contributed by atoms with Gasteiger partial charge in [-0.1, -0.05) is 50.1 Å². The second kappa shape index (κ2) is 11.6. The smallest absolute Gasteiger partial charge is 0.312 e. The number of carbonyl (C=O) groups is 3. The number of nitrogens with zero attached hydrogens (tertiary/aromatic N) is 1. The van der Waals surface area contributed by atoms with E-state index in [1.54, 1.807) is 43.3 Å². The molecule has 2 aromatic rings. The number of primary amides is 1. The summed E-state index contributed by atoms with van der Waals surface area (Å²) in [5, 5.41) is 2.37. The van der Waals surface area contributed by atoms with Crippen molar-refractivity contribution in [3.8, 4) is 0 Å². The van der Waals surface area contributed by atoms with Gasteiger partial charge in [0.2, 0.25) is 10.0 Å². The monoisotopic (exact) mass is 489 g/mol. The van der Waals surface area contributed by atoms with Gasteiger partial charge in [-0.3, -0.25) is 20.4 Å². The Kier molecular flexibility index (Phi) is 9.16. The Morgan fingerprint density at radius 1 is 1.00 bits per heavy atom. The van der Waals surface area contributed by atoms with E-state index in [4.69, 9.17) is 5.73 Å². The SMILES string of the molecule is CC[C@H](C)[C@H](NC(N)=O)C(=O)NNC(=O)c1ccc(CN(C)S(=O)(=O)c2ccc(C)cc2)cc1. The lowest BCUT2D eigenvalue weighted by Crippen LogP contribution is -2.55. The van der Waals surface area contributed by atoms with Crippen molar-refractivity contribution in [2.75, 3.05) is 7.05 Å². The molecule has 184 valence electrons. The van der Waals surface area contributed by atoms with E-state index in [-0.39, 0.29) is 22.9 Å². The minimum Gasteiger partial charge on any atom is -0.352 e. The molecule has 5 N–H and O–H groups in total. The Bertz CT molecular complexity index is 1120. The fraction of sp³-hybridized carbons (Fsp3) is 0.348. The summed E-state index contributed by atoms with van der Waals surface area (Å²) in [6.07, 6.45) is 0.613. The predicted molar refractivity (Wildman–Crippen MR) is 128 cm³/mol. The molecular formula is C23H31N5O5S. The molecule has 0 saturated heterocycles. The fourth-order valence-corrected chi connectivity index (χ4v) is 4.28. The first kappa shape index (κ1) is 26.8. The van der Waals surface area contributed by atoms with Crippen LogP contribution in [0, 0.1) is 12.8 Å². The van der Waals surface area contributed by atoms with Crippen molar-refractivity contribution in [1.82, 2.24) is 20.5 Å². The summed E-state index contributed by atoms with van der Waals surface area (Å²) in [4.78, 5) is 36.1. The van der Waals surface area contributed by atoms with Crippen LogP contribution in [-0.2, 0) is 21.4 Å². The summed E-state index contributed by atoms with van der Waals surface area (Å²) in [5.74, 6) is -1.36.